The monoisotopic (exact) mass is 239 g/mol. The van der Waals surface area contributed by atoms with Crippen LogP contribution in [0, 0.1) is 0 Å². The van der Waals surface area contributed by atoms with Crippen molar-refractivity contribution in [1.82, 2.24) is 14.7 Å². The Balaban J connectivity index is 2.45. The SMILES string of the molecule is CNCCc1nc(Cl)c2cc(OC)ccn12. The summed E-state index contributed by atoms with van der Waals surface area (Å²) in [5.41, 5.74) is 0.882. The molecule has 0 unspecified atom stereocenters. The molecule has 1 N–H and O–H groups in total. The highest BCUT2D eigenvalue weighted by Gasteiger charge is 2.09. The predicted octanol–water partition coefficient (Wildman–Crippen LogP) is 1.76. The van der Waals surface area contributed by atoms with Gasteiger partial charge in [-0.2, -0.15) is 0 Å². The van der Waals surface area contributed by atoms with Crippen molar-refractivity contribution >= 4 is 17.1 Å². The second-order valence-corrected chi connectivity index (χ2v) is 3.85. The molecule has 0 amide bonds. The zero-order valence-electron chi connectivity index (χ0n) is 9.33. The van der Waals surface area contributed by atoms with Crippen LogP contribution in [0.25, 0.3) is 5.52 Å². The predicted molar refractivity (Wildman–Crippen MR) is 64.4 cm³/mol. The molecule has 86 valence electrons. The van der Waals surface area contributed by atoms with Crippen LogP contribution in [0.15, 0.2) is 18.3 Å². The molecule has 0 aromatic carbocycles. The number of imidazole rings is 1. The van der Waals surface area contributed by atoms with E-state index in [9.17, 15) is 0 Å². The first-order chi connectivity index (χ1) is 7.76. The molecule has 2 heterocycles. The maximum Gasteiger partial charge on any atom is 0.155 e. The molecule has 0 spiro atoms. The molecule has 0 saturated carbocycles. The van der Waals surface area contributed by atoms with Crippen molar-refractivity contribution in [3.8, 4) is 5.75 Å². The summed E-state index contributed by atoms with van der Waals surface area (Å²) in [4.78, 5) is 4.34. The second kappa shape index (κ2) is 4.72. The number of pyridine rings is 1. The van der Waals surface area contributed by atoms with Gasteiger partial charge in [0.15, 0.2) is 5.15 Å². The van der Waals surface area contributed by atoms with E-state index in [1.807, 2.05) is 29.8 Å². The first-order valence-electron chi connectivity index (χ1n) is 5.11. The number of halogens is 1. The van der Waals surface area contributed by atoms with Gasteiger partial charge in [0.05, 0.1) is 12.6 Å². The molecular weight excluding hydrogens is 226 g/mol. The van der Waals surface area contributed by atoms with E-state index in [0.717, 1.165) is 30.1 Å². The minimum absolute atomic E-state index is 0.519. The molecule has 5 heteroatoms. The summed E-state index contributed by atoms with van der Waals surface area (Å²) in [5.74, 6) is 1.74. The molecule has 0 aliphatic rings. The first-order valence-corrected chi connectivity index (χ1v) is 5.49. The van der Waals surface area contributed by atoms with Crippen LogP contribution in [0.3, 0.4) is 0 Å². The van der Waals surface area contributed by atoms with E-state index in [-0.39, 0.29) is 0 Å². The van der Waals surface area contributed by atoms with Gasteiger partial charge in [-0.1, -0.05) is 11.6 Å². The average molecular weight is 240 g/mol. The van der Waals surface area contributed by atoms with E-state index < -0.39 is 0 Å². The van der Waals surface area contributed by atoms with Gasteiger partial charge in [0.1, 0.15) is 11.6 Å². The number of hydrogen-bond donors (Lipinski definition) is 1. The molecule has 0 aliphatic heterocycles. The molecule has 0 fully saturated rings. The Kier molecular flexibility index (Phi) is 3.31. The normalized spacial score (nSPS) is 10.9. The Labute approximate surface area is 99.2 Å². The van der Waals surface area contributed by atoms with E-state index in [0.29, 0.717) is 5.15 Å². The summed E-state index contributed by atoms with van der Waals surface area (Å²) in [6.07, 6.45) is 2.77. The number of fused-ring (bicyclic) bond motifs is 1. The minimum atomic E-state index is 0.519. The Hall–Kier alpha value is -1.26. The standard InChI is InChI=1S/C11H14ClN3O/c1-13-5-3-10-14-11(12)9-7-8(16-2)4-6-15(9)10/h4,6-7,13H,3,5H2,1-2H3. The molecule has 2 aromatic heterocycles. The maximum atomic E-state index is 6.08. The number of hydrogen-bond acceptors (Lipinski definition) is 3. The zero-order valence-corrected chi connectivity index (χ0v) is 10.1. The number of aromatic nitrogens is 2. The lowest BCUT2D eigenvalue weighted by Crippen LogP contribution is -2.12. The summed E-state index contributed by atoms with van der Waals surface area (Å²) in [5, 5.41) is 3.61. The number of rotatable bonds is 4. The van der Waals surface area contributed by atoms with E-state index in [1.165, 1.54) is 0 Å². The van der Waals surface area contributed by atoms with Crippen LogP contribution in [0.4, 0.5) is 0 Å². The highest BCUT2D eigenvalue weighted by atomic mass is 35.5. The first kappa shape index (κ1) is 11.2. The smallest absolute Gasteiger partial charge is 0.155 e. The third-order valence-corrected chi connectivity index (χ3v) is 2.76. The molecule has 0 bridgehead atoms. The van der Waals surface area contributed by atoms with E-state index >= 15 is 0 Å². The van der Waals surface area contributed by atoms with Crippen molar-refractivity contribution in [1.29, 1.82) is 0 Å². The highest BCUT2D eigenvalue weighted by molar-refractivity contribution is 6.32. The Morgan fingerprint density at radius 3 is 3.06 bits per heavy atom. The van der Waals surface area contributed by atoms with Crippen molar-refractivity contribution < 1.29 is 4.74 Å². The Morgan fingerprint density at radius 2 is 2.38 bits per heavy atom. The Morgan fingerprint density at radius 1 is 1.56 bits per heavy atom. The fraction of sp³-hybridized carbons (Fsp3) is 0.364. The van der Waals surface area contributed by atoms with Crippen molar-refractivity contribution in [3.63, 3.8) is 0 Å². The molecule has 16 heavy (non-hydrogen) atoms. The molecule has 0 atom stereocenters. The van der Waals surface area contributed by atoms with Crippen LogP contribution < -0.4 is 10.1 Å². The Bertz CT molecular complexity index is 495. The summed E-state index contributed by atoms with van der Waals surface area (Å²) in [6.45, 7) is 0.876. The molecular formula is C11H14ClN3O. The van der Waals surface area contributed by atoms with E-state index in [4.69, 9.17) is 16.3 Å². The van der Waals surface area contributed by atoms with Crippen LogP contribution in [0.2, 0.25) is 5.15 Å². The van der Waals surface area contributed by atoms with Gasteiger partial charge in [-0.3, -0.25) is 0 Å². The number of likely N-dealkylation sites (N-methyl/N-ethyl adjacent to an activating group) is 1. The molecule has 2 aromatic rings. The summed E-state index contributed by atoms with van der Waals surface area (Å²) in [6, 6.07) is 3.78. The summed E-state index contributed by atoms with van der Waals surface area (Å²) < 4.78 is 7.14. The second-order valence-electron chi connectivity index (χ2n) is 3.49. The van der Waals surface area contributed by atoms with Gasteiger partial charge in [0.25, 0.3) is 0 Å². The molecule has 0 radical (unpaired) electrons. The topological polar surface area (TPSA) is 38.6 Å². The molecule has 4 nitrogen and oxygen atoms in total. The van der Waals surface area contributed by atoms with Crippen molar-refractivity contribution in [2.75, 3.05) is 20.7 Å². The number of nitrogens with one attached hydrogen (secondary N) is 1. The van der Waals surface area contributed by atoms with Crippen molar-refractivity contribution in [2.24, 2.45) is 0 Å². The summed E-state index contributed by atoms with van der Waals surface area (Å²) >= 11 is 6.08. The van der Waals surface area contributed by atoms with E-state index in [1.54, 1.807) is 7.11 Å². The fourth-order valence-electron chi connectivity index (χ4n) is 1.63. The van der Waals surface area contributed by atoms with Gasteiger partial charge in [-0.25, -0.2) is 4.98 Å². The summed E-state index contributed by atoms with van der Waals surface area (Å²) in [7, 11) is 3.55. The average Bonchev–Trinajstić information content (AvgIpc) is 2.63. The van der Waals surface area contributed by atoms with E-state index in [2.05, 4.69) is 10.3 Å². The molecule has 0 saturated heterocycles. The van der Waals surface area contributed by atoms with Crippen molar-refractivity contribution in [3.05, 3.63) is 29.3 Å². The zero-order chi connectivity index (χ0) is 11.5. The lowest BCUT2D eigenvalue weighted by Gasteiger charge is -2.03. The van der Waals surface area contributed by atoms with Gasteiger partial charge in [-0.05, 0) is 13.1 Å². The van der Waals surface area contributed by atoms with Crippen LogP contribution in [-0.4, -0.2) is 30.1 Å². The fourth-order valence-corrected chi connectivity index (χ4v) is 1.87. The third kappa shape index (κ3) is 1.99. The number of nitrogens with zero attached hydrogens (tertiary/aromatic N) is 2. The third-order valence-electron chi connectivity index (χ3n) is 2.48. The highest BCUT2D eigenvalue weighted by Crippen LogP contribution is 2.22. The van der Waals surface area contributed by atoms with Crippen LogP contribution >= 0.6 is 11.6 Å². The van der Waals surface area contributed by atoms with Gasteiger partial charge >= 0.3 is 0 Å². The van der Waals surface area contributed by atoms with Gasteiger partial charge in [-0.15, -0.1) is 0 Å². The maximum absolute atomic E-state index is 6.08. The molecule has 2 rings (SSSR count). The minimum Gasteiger partial charge on any atom is -0.497 e. The lowest BCUT2D eigenvalue weighted by molar-refractivity contribution is 0.414. The number of methoxy groups -OCH3 is 1. The van der Waals surface area contributed by atoms with Gasteiger partial charge in [0.2, 0.25) is 0 Å². The van der Waals surface area contributed by atoms with Gasteiger partial charge in [0, 0.05) is 25.2 Å². The molecule has 0 aliphatic carbocycles. The lowest BCUT2D eigenvalue weighted by atomic mass is 10.3. The largest absolute Gasteiger partial charge is 0.497 e. The van der Waals surface area contributed by atoms with Crippen molar-refractivity contribution in [2.45, 2.75) is 6.42 Å². The number of ether oxygens (including phenoxy) is 1. The van der Waals surface area contributed by atoms with Crippen LogP contribution in [0.1, 0.15) is 5.82 Å². The van der Waals surface area contributed by atoms with Crippen LogP contribution in [0.5, 0.6) is 5.75 Å². The van der Waals surface area contributed by atoms with Crippen LogP contribution in [-0.2, 0) is 6.42 Å². The quantitative estimate of drug-likeness (QED) is 0.884. The van der Waals surface area contributed by atoms with Gasteiger partial charge < -0.3 is 14.5 Å².